The molecule has 1 amide bonds. The number of carbonyl (C=O) groups is 1. The number of rotatable bonds is 3. The molecule has 1 aromatic carbocycles. The van der Waals surface area contributed by atoms with E-state index in [4.69, 9.17) is 11.6 Å². The van der Waals surface area contributed by atoms with Crippen LogP contribution >= 0.6 is 11.6 Å². The number of piperidine rings is 2. The monoisotopic (exact) mass is 372 g/mol. The van der Waals surface area contributed by atoms with E-state index in [9.17, 15) is 4.79 Å². The van der Waals surface area contributed by atoms with Crippen molar-refractivity contribution >= 4 is 17.5 Å². The highest BCUT2D eigenvalue weighted by Gasteiger charge is 2.28. The minimum absolute atomic E-state index is 0.0351. The van der Waals surface area contributed by atoms with Crippen LogP contribution in [-0.2, 0) is 0 Å². The Morgan fingerprint density at radius 1 is 1.08 bits per heavy atom. The maximum atomic E-state index is 12.8. The van der Waals surface area contributed by atoms with Gasteiger partial charge in [0.1, 0.15) is 5.69 Å². The number of benzene rings is 1. The number of hydrogen-bond donors (Lipinski definition) is 1. The van der Waals surface area contributed by atoms with Crippen LogP contribution in [0.15, 0.2) is 30.3 Å². The number of amides is 1. The number of aromatic amines is 1. The zero-order valence-electron chi connectivity index (χ0n) is 15.0. The molecule has 0 spiro atoms. The second-order valence-electron chi connectivity index (χ2n) is 7.27. The third-order valence-corrected chi connectivity index (χ3v) is 5.95. The van der Waals surface area contributed by atoms with Gasteiger partial charge in [-0.3, -0.25) is 9.89 Å². The smallest absolute Gasteiger partial charge is 0.271 e. The molecular weight excluding hydrogens is 348 g/mol. The SMILES string of the molecule is O=C(c1cc(-c2ccccc2Cl)n[nH]1)N1CCC(N2CCCCC2)CC1. The van der Waals surface area contributed by atoms with E-state index in [-0.39, 0.29) is 5.91 Å². The molecule has 0 atom stereocenters. The lowest BCUT2D eigenvalue weighted by Gasteiger charge is -2.40. The second-order valence-corrected chi connectivity index (χ2v) is 7.67. The van der Waals surface area contributed by atoms with Crippen LogP contribution in [0.5, 0.6) is 0 Å². The molecule has 2 fully saturated rings. The van der Waals surface area contributed by atoms with Crippen molar-refractivity contribution < 1.29 is 4.79 Å². The third kappa shape index (κ3) is 3.64. The molecule has 2 saturated heterocycles. The van der Waals surface area contributed by atoms with E-state index in [0.29, 0.717) is 22.5 Å². The second kappa shape index (κ2) is 7.80. The van der Waals surface area contributed by atoms with Crippen LogP contribution in [0.3, 0.4) is 0 Å². The molecule has 2 aromatic rings. The van der Waals surface area contributed by atoms with E-state index in [2.05, 4.69) is 15.1 Å². The fourth-order valence-corrected chi connectivity index (χ4v) is 4.36. The van der Waals surface area contributed by atoms with Crippen molar-refractivity contribution in [3.8, 4) is 11.3 Å². The number of aromatic nitrogens is 2. The van der Waals surface area contributed by atoms with Gasteiger partial charge in [-0.15, -0.1) is 0 Å². The molecule has 0 aliphatic carbocycles. The van der Waals surface area contributed by atoms with Gasteiger partial charge < -0.3 is 9.80 Å². The van der Waals surface area contributed by atoms with Crippen LogP contribution in [0.1, 0.15) is 42.6 Å². The van der Waals surface area contributed by atoms with E-state index in [1.807, 2.05) is 29.2 Å². The molecule has 0 unspecified atom stereocenters. The van der Waals surface area contributed by atoms with Gasteiger partial charge in [-0.2, -0.15) is 5.10 Å². The summed E-state index contributed by atoms with van der Waals surface area (Å²) in [4.78, 5) is 17.4. The largest absolute Gasteiger partial charge is 0.337 e. The van der Waals surface area contributed by atoms with Gasteiger partial charge in [-0.1, -0.05) is 36.2 Å². The topological polar surface area (TPSA) is 52.2 Å². The highest BCUT2D eigenvalue weighted by atomic mass is 35.5. The first-order valence-corrected chi connectivity index (χ1v) is 9.94. The molecule has 0 saturated carbocycles. The normalized spacial score (nSPS) is 19.7. The van der Waals surface area contributed by atoms with Crippen molar-refractivity contribution in [1.29, 1.82) is 0 Å². The summed E-state index contributed by atoms with van der Waals surface area (Å²) in [6.07, 6.45) is 6.13. The van der Waals surface area contributed by atoms with Gasteiger partial charge in [0.2, 0.25) is 0 Å². The lowest BCUT2D eigenvalue weighted by atomic mass is 9.99. The van der Waals surface area contributed by atoms with E-state index < -0.39 is 0 Å². The summed E-state index contributed by atoms with van der Waals surface area (Å²) in [6.45, 7) is 4.08. The average Bonchev–Trinajstić information content (AvgIpc) is 3.18. The molecule has 2 aliphatic rings. The number of nitrogens with zero attached hydrogens (tertiary/aromatic N) is 3. The molecule has 138 valence electrons. The number of hydrogen-bond acceptors (Lipinski definition) is 3. The average molecular weight is 373 g/mol. The van der Waals surface area contributed by atoms with E-state index in [1.54, 1.807) is 6.07 Å². The van der Waals surface area contributed by atoms with Crippen LogP contribution in [-0.4, -0.2) is 58.1 Å². The predicted molar refractivity (Wildman–Crippen MR) is 103 cm³/mol. The summed E-state index contributed by atoms with van der Waals surface area (Å²) in [7, 11) is 0. The van der Waals surface area contributed by atoms with Gasteiger partial charge >= 0.3 is 0 Å². The molecule has 1 N–H and O–H groups in total. The Labute approximate surface area is 159 Å². The quantitative estimate of drug-likeness (QED) is 0.891. The molecule has 3 heterocycles. The molecule has 26 heavy (non-hydrogen) atoms. The first-order chi connectivity index (χ1) is 12.7. The fraction of sp³-hybridized carbons (Fsp3) is 0.500. The zero-order valence-corrected chi connectivity index (χ0v) is 15.7. The third-order valence-electron chi connectivity index (χ3n) is 5.62. The van der Waals surface area contributed by atoms with E-state index in [1.165, 1.54) is 32.4 Å². The summed E-state index contributed by atoms with van der Waals surface area (Å²) in [6, 6.07) is 10.00. The summed E-state index contributed by atoms with van der Waals surface area (Å²) < 4.78 is 0. The van der Waals surface area contributed by atoms with Crippen molar-refractivity contribution in [3.05, 3.63) is 41.0 Å². The maximum Gasteiger partial charge on any atom is 0.271 e. The van der Waals surface area contributed by atoms with Crippen molar-refractivity contribution in [3.63, 3.8) is 0 Å². The standard InChI is InChI=1S/C20H25ClN4O/c21-17-7-3-2-6-16(17)18-14-19(23-22-18)20(26)25-12-8-15(9-13-25)24-10-4-1-5-11-24/h2-3,6-7,14-15H,1,4-5,8-13H2,(H,22,23). The van der Waals surface area contributed by atoms with Gasteiger partial charge in [0.05, 0.1) is 10.7 Å². The van der Waals surface area contributed by atoms with Gasteiger partial charge in [0.15, 0.2) is 0 Å². The molecule has 0 bridgehead atoms. The molecular formula is C20H25ClN4O. The van der Waals surface area contributed by atoms with Crippen molar-refractivity contribution in [1.82, 2.24) is 20.0 Å². The number of nitrogens with one attached hydrogen (secondary N) is 1. The first kappa shape index (κ1) is 17.6. The van der Waals surface area contributed by atoms with Gasteiger partial charge in [0.25, 0.3) is 5.91 Å². The summed E-state index contributed by atoms with van der Waals surface area (Å²) >= 11 is 6.23. The molecule has 5 nitrogen and oxygen atoms in total. The Morgan fingerprint density at radius 2 is 1.81 bits per heavy atom. The number of H-pyrrole nitrogens is 1. The maximum absolute atomic E-state index is 12.8. The Kier molecular flexibility index (Phi) is 5.27. The molecule has 6 heteroatoms. The first-order valence-electron chi connectivity index (χ1n) is 9.56. The lowest BCUT2D eigenvalue weighted by Crippen LogP contribution is -2.48. The molecule has 4 rings (SSSR count). The Hall–Kier alpha value is -1.85. The van der Waals surface area contributed by atoms with Crippen LogP contribution in [0, 0.1) is 0 Å². The van der Waals surface area contributed by atoms with Crippen molar-refractivity contribution in [2.45, 2.75) is 38.1 Å². The van der Waals surface area contributed by atoms with Crippen molar-refractivity contribution in [2.24, 2.45) is 0 Å². The van der Waals surface area contributed by atoms with E-state index >= 15 is 0 Å². The van der Waals surface area contributed by atoms with Gasteiger partial charge in [0, 0.05) is 24.7 Å². The van der Waals surface area contributed by atoms with Crippen LogP contribution in [0.25, 0.3) is 11.3 Å². The minimum atomic E-state index is 0.0351. The summed E-state index contributed by atoms with van der Waals surface area (Å²) in [5.74, 6) is 0.0351. The Morgan fingerprint density at radius 3 is 2.54 bits per heavy atom. The number of halogens is 1. The van der Waals surface area contributed by atoms with Crippen LogP contribution in [0.4, 0.5) is 0 Å². The summed E-state index contributed by atoms with van der Waals surface area (Å²) in [5, 5.41) is 7.82. The van der Waals surface area contributed by atoms with E-state index in [0.717, 1.165) is 31.5 Å². The molecule has 0 radical (unpaired) electrons. The summed E-state index contributed by atoms with van der Waals surface area (Å²) in [5.41, 5.74) is 2.09. The highest BCUT2D eigenvalue weighted by Crippen LogP contribution is 2.27. The van der Waals surface area contributed by atoms with Crippen LogP contribution < -0.4 is 0 Å². The highest BCUT2D eigenvalue weighted by molar-refractivity contribution is 6.33. The number of likely N-dealkylation sites (tertiary alicyclic amines) is 2. The molecule has 2 aliphatic heterocycles. The zero-order chi connectivity index (χ0) is 17.9. The number of carbonyl (C=O) groups excluding carboxylic acids is 1. The fourth-order valence-electron chi connectivity index (χ4n) is 4.13. The van der Waals surface area contributed by atoms with Crippen molar-refractivity contribution in [2.75, 3.05) is 26.2 Å². The minimum Gasteiger partial charge on any atom is -0.337 e. The Balaban J connectivity index is 1.39. The van der Waals surface area contributed by atoms with Gasteiger partial charge in [-0.25, -0.2) is 0 Å². The molecule has 1 aromatic heterocycles. The van der Waals surface area contributed by atoms with Gasteiger partial charge in [-0.05, 0) is 50.9 Å². The predicted octanol–water partition coefficient (Wildman–Crippen LogP) is 3.82. The van der Waals surface area contributed by atoms with Crippen LogP contribution in [0.2, 0.25) is 5.02 Å². The lowest BCUT2D eigenvalue weighted by molar-refractivity contribution is 0.0585. The Bertz CT molecular complexity index is 761.